The SMILES string of the molecule is CCOC1CC(N)(C(=O)Nc2cccc(-c3ncc[nH]3)c2)C1(C)C.Cl.Cl. The Balaban J connectivity index is 0.00000169. The van der Waals surface area contributed by atoms with Gasteiger partial charge in [0.25, 0.3) is 0 Å². The average Bonchev–Trinajstić information content (AvgIpc) is 3.09. The Labute approximate surface area is 166 Å². The number of benzene rings is 1. The van der Waals surface area contributed by atoms with E-state index in [4.69, 9.17) is 10.5 Å². The van der Waals surface area contributed by atoms with Crippen molar-refractivity contribution in [1.29, 1.82) is 0 Å². The average molecular weight is 401 g/mol. The van der Waals surface area contributed by atoms with Gasteiger partial charge in [0.2, 0.25) is 5.91 Å². The zero-order valence-corrected chi connectivity index (χ0v) is 16.7. The van der Waals surface area contributed by atoms with E-state index in [1.807, 2.05) is 45.0 Å². The second-order valence-electron chi connectivity index (χ2n) is 6.81. The van der Waals surface area contributed by atoms with Crippen LogP contribution in [0.4, 0.5) is 5.69 Å². The summed E-state index contributed by atoms with van der Waals surface area (Å²) in [6, 6.07) is 7.54. The van der Waals surface area contributed by atoms with Crippen molar-refractivity contribution < 1.29 is 9.53 Å². The van der Waals surface area contributed by atoms with Gasteiger partial charge in [0.05, 0.1) is 6.10 Å². The van der Waals surface area contributed by atoms with Gasteiger partial charge in [-0.25, -0.2) is 4.98 Å². The Kier molecular flexibility index (Phi) is 7.24. The molecule has 0 spiro atoms. The van der Waals surface area contributed by atoms with Crippen LogP contribution in [0.25, 0.3) is 11.4 Å². The Morgan fingerprint density at radius 1 is 1.42 bits per heavy atom. The van der Waals surface area contributed by atoms with Crippen molar-refractivity contribution in [3.05, 3.63) is 36.7 Å². The van der Waals surface area contributed by atoms with Crippen LogP contribution in [-0.4, -0.2) is 34.1 Å². The molecule has 1 aromatic heterocycles. The molecular formula is C18H26Cl2N4O2. The van der Waals surface area contributed by atoms with Gasteiger partial charge in [-0.15, -0.1) is 24.8 Å². The number of imidazole rings is 1. The molecule has 1 amide bonds. The van der Waals surface area contributed by atoms with Crippen LogP contribution >= 0.6 is 24.8 Å². The van der Waals surface area contributed by atoms with Gasteiger partial charge < -0.3 is 20.8 Å². The third-order valence-corrected chi connectivity index (χ3v) is 5.13. The summed E-state index contributed by atoms with van der Waals surface area (Å²) in [6.07, 6.45) is 3.99. The second-order valence-corrected chi connectivity index (χ2v) is 6.81. The fraction of sp³-hybridized carbons (Fsp3) is 0.444. The molecule has 1 aliphatic carbocycles. The van der Waals surface area contributed by atoms with Crippen LogP contribution in [0, 0.1) is 5.41 Å². The van der Waals surface area contributed by atoms with Crippen molar-refractivity contribution in [2.45, 2.75) is 38.8 Å². The lowest BCUT2D eigenvalue weighted by Gasteiger charge is -2.57. The monoisotopic (exact) mass is 400 g/mol. The van der Waals surface area contributed by atoms with Crippen LogP contribution in [0.3, 0.4) is 0 Å². The van der Waals surface area contributed by atoms with Crippen LogP contribution in [0.2, 0.25) is 0 Å². The number of nitrogens with zero attached hydrogens (tertiary/aromatic N) is 1. The smallest absolute Gasteiger partial charge is 0.245 e. The van der Waals surface area contributed by atoms with Gasteiger partial charge in [0.1, 0.15) is 11.4 Å². The summed E-state index contributed by atoms with van der Waals surface area (Å²) in [6.45, 7) is 6.54. The highest BCUT2D eigenvalue weighted by Crippen LogP contribution is 2.50. The van der Waals surface area contributed by atoms with Crippen molar-refractivity contribution in [3.8, 4) is 11.4 Å². The van der Waals surface area contributed by atoms with E-state index in [1.165, 1.54) is 0 Å². The maximum absolute atomic E-state index is 12.8. The predicted molar refractivity (Wildman–Crippen MR) is 108 cm³/mol. The number of carbonyl (C=O) groups is 1. The minimum atomic E-state index is -0.937. The van der Waals surface area contributed by atoms with E-state index in [0.29, 0.717) is 18.7 Å². The van der Waals surface area contributed by atoms with Crippen LogP contribution in [0.1, 0.15) is 27.2 Å². The molecule has 3 rings (SSSR count). The Morgan fingerprint density at radius 3 is 2.73 bits per heavy atom. The van der Waals surface area contributed by atoms with Crippen LogP contribution in [0.15, 0.2) is 36.7 Å². The second kappa shape index (κ2) is 8.39. The molecule has 1 fully saturated rings. The number of halogens is 2. The lowest BCUT2D eigenvalue weighted by atomic mass is 9.54. The van der Waals surface area contributed by atoms with E-state index in [9.17, 15) is 4.79 Å². The molecule has 2 atom stereocenters. The minimum Gasteiger partial charge on any atom is -0.378 e. The van der Waals surface area contributed by atoms with Crippen molar-refractivity contribution in [3.63, 3.8) is 0 Å². The van der Waals surface area contributed by atoms with Gasteiger partial charge in [-0.3, -0.25) is 4.79 Å². The maximum Gasteiger partial charge on any atom is 0.245 e. The molecule has 26 heavy (non-hydrogen) atoms. The first-order valence-corrected chi connectivity index (χ1v) is 8.20. The van der Waals surface area contributed by atoms with E-state index in [0.717, 1.165) is 11.4 Å². The Morgan fingerprint density at radius 2 is 2.15 bits per heavy atom. The van der Waals surface area contributed by atoms with Crippen molar-refractivity contribution in [2.24, 2.45) is 11.1 Å². The molecule has 1 heterocycles. The first-order chi connectivity index (χ1) is 11.4. The summed E-state index contributed by atoms with van der Waals surface area (Å²) in [5.41, 5.74) is 6.68. The summed E-state index contributed by atoms with van der Waals surface area (Å²) in [4.78, 5) is 20.0. The summed E-state index contributed by atoms with van der Waals surface area (Å²) in [7, 11) is 0. The quantitative estimate of drug-likeness (QED) is 0.716. The molecule has 0 radical (unpaired) electrons. The summed E-state index contributed by atoms with van der Waals surface area (Å²) in [5.74, 6) is 0.578. The minimum absolute atomic E-state index is 0. The number of rotatable bonds is 5. The fourth-order valence-corrected chi connectivity index (χ4v) is 3.23. The largest absolute Gasteiger partial charge is 0.378 e. The van der Waals surface area contributed by atoms with E-state index < -0.39 is 11.0 Å². The number of nitrogens with two attached hydrogens (primary N) is 1. The number of carbonyl (C=O) groups excluding carboxylic acids is 1. The molecular weight excluding hydrogens is 375 g/mol. The third-order valence-electron chi connectivity index (χ3n) is 5.13. The number of nitrogens with one attached hydrogen (secondary N) is 2. The van der Waals surface area contributed by atoms with Crippen molar-refractivity contribution in [1.82, 2.24) is 9.97 Å². The molecule has 144 valence electrons. The molecule has 0 bridgehead atoms. The molecule has 2 unspecified atom stereocenters. The lowest BCUT2D eigenvalue weighted by Crippen LogP contribution is -2.74. The zero-order chi connectivity index (χ0) is 17.4. The molecule has 2 aromatic rings. The Hall–Kier alpha value is -1.60. The molecule has 4 N–H and O–H groups in total. The van der Waals surface area contributed by atoms with Gasteiger partial charge >= 0.3 is 0 Å². The first-order valence-electron chi connectivity index (χ1n) is 8.20. The predicted octanol–water partition coefficient (Wildman–Crippen LogP) is 3.39. The van der Waals surface area contributed by atoms with Crippen LogP contribution in [-0.2, 0) is 9.53 Å². The number of aromatic nitrogens is 2. The number of anilines is 1. The number of amides is 1. The van der Waals surface area contributed by atoms with Gasteiger partial charge in [-0.1, -0.05) is 26.0 Å². The van der Waals surface area contributed by atoms with E-state index in [2.05, 4.69) is 15.3 Å². The molecule has 1 aromatic carbocycles. The third kappa shape index (κ3) is 3.74. The molecule has 8 heteroatoms. The highest BCUT2D eigenvalue weighted by molar-refractivity contribution is 6.00. The first kappa shape index (κ1) is 22.4. The number of ether oxygens (including phenoxy) is 1. The van der Waals surface area contributed by atoms with Gasteiger partial charge in [0.15, 0.2) is 0 Å². The lowest BCUT2D eigenvalue weighted by molar-refractivity contribution is -0.166. The van der Waals surface area contributed by atoms with Crippen LogP contribution in [0.5, 0.6) is 0 Å². The number of hydrogen-bond donors (Lipinski definition) is 3. The highest BCUT2D eigenvalue weighted by Gasteiger charge is 2.62. The zero-order valence-electron chi connectivity index (χ0n) is 15.1. The van der Waals surface area contributed by atoms with Gasteiger partial charge in [-0.05, 0) is 19.1 Å². The van der Waals surface area contributed by atoms with Crippen molar-refractivity contribution in [2.75, 3.05) is 11.9 Å². The van der Waals surface area contributed by atoms with Crippen LogP contribution < -0.4 is 11.1 Å². The molecule has 0 saturated heterocycles. The van der Waals surface area contributed by atoms with E-state index >= 15 is 0 Å². The standard InChI is InChI=1S/C18H24N4O2.2ClH/c1-4-24-14-11-18(19,17(14,2)3)16(23)22-13-7-5-6-12(10-13)15-20-8-9-21-15;;/h5-10,14H,4,11,19H2,1-3H3,(H,20,21)(H,22,23);2*1H. The van der Waals surface area contributed by atoms with Crippen molar-refractivity contribution >= 4 is 36.4 Å². The number of aromatic amines is 1. The summed E-state index contributed by atoms with van der Waals surface area (Å²) < 4.78 is 5.68. The highest BCUT2D eigenvalue weighted by atomic mass is 35.5. The van der Waals surface area contributed by atoms with E-state index in [-0.39, 0.29) is 36.8 Å². The summed E-state index contributed by atoms with van der Waals surface area (Å²) >= 11 is 0. The fourth-order valence-electron chi connectivity index (χ4n) is 3.23. The maximum atomic E-state index is 12.8. The van der Waals surface area contributed by atoms with Gasteiger partial charge in [-0.2, -0.15) is 0 Å². The summed E-state index contributed by atoms with van der Waals surface area (Å²) in [5, 5.41) is 2.94. The molecule has 6 nitrogen and oxygen atoms in total. The molecule has 1 saturated carbocycles. The number of H-pyrrole nitrogens is 1. The topological polar surface area (TPSA) is 93.0 Å². The van der Waals surface area contributed by atoms with Gasteiger partial charge in [0, 0.05) is 42.1 Å². The molecule has 0 aliphatic heterocycles. The van der Waals surface area contributed by atoms with E-state index in [1.54, 1.807) is 12.4 Å². The normalized spacial score (nSPS) is 23.2. The number of hydrogen-bond acceptors (Lipinski definition) is 4. The molecule has 1 aliphatic rings. The Bertz CT molecular complexity index is 737.